The lowest BCUT2D eigenvalue weighted by molar-refractivity contribution is -0.115. The minimum Gasteiger partial charge on any atom is -0.410 e. The van der Waals surface area contributed by atoms with Gasteiger partial charge in [0.15, 0.2) is 0 Å². The zero-order chi connectivity index (χ0) is 15.1. The fraction of sp³-hybridized carbons (Fsp3) is 0.375. The Morgan fingerprint density at radius 2 is 1.81 bits per heavy atom. The van der Waals surface area contributed by atoms with Crippen LogP contribution in [0.5, 0.6) is 5.75 Å². The van der Waals surface area contributed by atoms with Gasteiger partial charge < -0.3 is 10.5 Å². The summed E-state index contributed by atoms with van der Waals surface area (Å²) in [6.45, 7) is 0. The van der Waals surface area contributed by atoms with Crippen molar-refractivity contribution in [2.45, 2.75) is 32.1 Å². The van der Waals surface area contributed by atoms with Gasteiger partial charge in [0.2, 0.25) is 0 Å². The van der Waals surface area contributed by atoms with Gasteiger partial charge in [-0.15, -0.1) is 0 Å². The summed E-state index contributed by atoms with van der Waals surface area (Å²) in [5.41, 5.74) is 6.47. The van der Waals surface area contributed by atoms with Gasteiger partial charge in [-0.1, -0.05) is 37.5 Å². The number of nitrogens with two attached hydrogens (primary N) is 1. The van der Waals surface area contributed by atoms with Crippen molar-refractivity contribution < 1.29 is 14.3 Å². The van der Waals surface area contributed by atoms with Crippen LogP contribution in [-0.2, 0) is 4.79 Å². The minimum atomic E-state index is -0.807. The van der Waals surface area contributed by atoms with Crippen LogP contribution >= 0.6 is 0 Å². The summed E-state index contributed by atoms with van der Waals surface area (Å²) < 4.78 is 4.97. The predicted molar refractivity (Wildman–Crippen MR) is 79.5 cm³/mol. The van der Waals surface area contributed by atoms with Gasteiger partial charge in [0.25, 0.3) is 5.91 Å². The number of amides is 2. The predicted octanol–water partition coefficient (Wildman–Crippen LogP) is 2.72. The summed E-state index contributed by atoms with van der Waals surface area (Å²) >= 11 is 0. The van der Waals surface area contributed by atoms with Crippen LogP contribution in [0, 0.1) is 5.92 Å². The van der Waals surface area contributed by atoms with Gasteiger partial charge in [0, 0.05) is 11.8 Å². The SMILES string of the molecule is NC(=CC(=O)NC(=O)Oc1ccccc1)C1CCCCC1. The summed E-state index contributed by atoms with van der Waals surface area (Å²) in [5.74, 6) is 0.0840. The van der Waals surface area contributed by atoms with E-state index in [2.05, 4.69) is 5.32 Å². The third kappa shape index (κ3) is 4.95. The van der Waals surface area contributed by atoms with E-state index in [1.54, 1.807) is 24.3 Å². The molecule has 1 aliphatic carbocycles. The zero-order valence-electron chi connectivity index (χ0n) is 11.9. The summed E-state index contributed by atoms with van der Waals surface area (Å²) in [6, 6.07) is 8.56. The highest BCUT2D eigenvalue weighted by Gasteiger charge is 2.17. The lowest BCUT2D eigenvalue weighted by atomic mass is 9.87. The van der Waals surface area contributed by atoms with Crippen LogP contribution in [-0.4, -0.2) is 12.0 Å². The van der Waals surface area contributed by atoms with Gasteiger partial charge in [-0.2, -0.15) is 0 Å². The van der Waals surface area contributed by atoms with Gasteiger partial charge in [-0.3, -0.25) is 10.1 Å². The molecule has 2 rings (SSSR count). The number of benzene rings is 1. The van der Waals surface area contributed by atoms with Crippen LogP contribution in [0.4, 0.5) is 4.79 Å². The molecule has 3 N–H and O–H groups in total. The van der Waals surface area contributed by atoms with Crippen LogP contribution in [0.25, 0.3) is 0 Å². The molecule has 5 nitrogen and oxygen atoms in total. The molecule has 112 valence electrons. The number of allylic oxidation sites excluding steroid dienone is 1. The highest BCUT2D eigenvalue weighted by atomic mass is 16.6. The molecule has 1 aromatic rings. The van der Waals surface area contributed by atoms with Crippen LogP contribution in [0.3, 0.4) is 0 Å². The lowest BCUT2D eigenvalue weighted by Crippen LogP contribution is -2.32. The summed E-state index contributed by atoms with van der Waals surface area (Å²) in [6.07, 6.45) is 5.99. The van der Waals surface area contributed by atoms with E-state index in [-0.39, 0.29) is 5.92 Å². The fourth-order valence-corrected chi connectivity index (χ4v) is 2.46. The Morgan fingerprint density at radius 3 is 2.48 bits per heavy atom. The molecule has 1 fully saturated rings. The summed E-state index contributed by atoms with van der Waals surface area (Å²) in [5, 5.41) is 2.14. The monoisotopic (exact) mass is 288 g/mol. The Kier molecular flexibility index (Phi) is 5.37. The third-order valence-electron chi connectivity index (χ3n) is 3.55. The molecular formula is C16H20N2O3. The molecule has 0 saturated heterocycles. The van der Waals surface area contributed by atoms with Crippen molar-refractivity contribution in [3.05, 3.63) is 42.1 Å². The largest absolute Gasteiger partial charge is 0.419 e. The Labute approximate surface area is 124 Å². The van der Waals surface area contributed by atoms with Gasteiger partial charge >= 0.3 is 6.09 Å². The quantitative estimate of drug-likeness (QED) is 0.838. The van der Waals surface area contributed by atoms with E-state index < -0.39 is 12.0 Å². The van der Waals surface area contributed by atoms with Crippen LogP contribution in [0.1, 0.15) is 32.1 Å². The fourth-order valence-electron chi connectivity index (χ4n) is 2.46. The molecule has 1 aromatic carbocycles. The number of nitrogens with one attached hydrogen (secondary N) is 1. The number of carbonyl (C=O) groups excluding carboxylic acids is 2. The van der Waals surface area contributed by atoms with E-state index in [1.165, 1.54) is 12.5 Å². The van der Waals surface area contributed by atoms with E-state index in [9.17, 15) is 9.59 Å². The average Bonchev–Trinajstić information content (AvgIpc) is 2.48. The van der Waals surface area contributed by atoms with Crippen molar-refractivity contribution in [2.75, 3.05) is 0 Å². The first-order valence-corrected chi connectivity index (χ1v) is 7.20. The number of para-hydroxylation sites is 1. The standard InChI is InChI=1S/C16H20N2O3/c17-14(12-7-3-1-4-8-12)11-15(19)18-16(20)21-13-9-5-2-6-10-13/h2,5-6,9-12H,1,3-4,7-8,17H2,(H,18,19,20). The molecule has 21 heavy (non-hydrogen) atoms. The molecule has 0 radical (unpaired) electrons. The maximum Gasteiger partial charge on any atom is 0.419 e. The van der Waals surface area contributed by atoms with Crippen molar-refractivity contribution in [3.8, 4) is 5.75 Å². The Hall–Kier alpha value is -2.30. The minimum absolute atomic E-state index is 0.245. The number of imide groups is 1. The number of hydrogen-bond donors (Lipinski definition) is 2. The maximum absolute atomic E-state index is 11.7. The molecule has 0 bridgehead atoms. The van der Waals surface area contributed by atoms with Crippen LogP contribution < -0.4 is 15.8 Å². The zero-order valence-corrected chi connectivity index (χ0v) is 11.9. The Morgan fingerprint density at radius 1 is 1.14 bits per heavy atom. The molecule has 2 amide bonds. The highest BCUT2D eigenvalue weighted by Crippen LogP contribution is 2.27. The third-order valence-corrected chi connectivity index (χ3v) is 3.55. The number of carbonyl (C=O) groups is 2. The first kappa shape index (κ1) is 15.1. The Balaban J connectivity index is 1.84. The van der Waals surface area contributed by atoms with Gasteiger partial charge in [-0.05, 0) is 30.9 Å². The van der Waals surface area contributed by atoms with Gasteiger partial charge in [-0.25, -0.2) is 4.79 Å². The molecule has 0 aromatic heterocycles. The van der Waals surface area contributed by atoms with Gasteiger partial charge in [0.05, 0.1) is 0 Å². The number of rotatable bonds is 3. The first-order valence-electron chi connectivity index (χ1n) is 7.20. The highest BCUT2D eigenvalue weighted by molar-refractivity contribution is 5.99. The van der Waals surface area contributed by atoms with E-state index in [0.29, 0.717) is 11.4 Å². The van der Waals surface area contributed by atoms with E-state index in [4.69, 9.17) is 10.5 Å². The molecule has 0 atom stereocenters. The first-order chi connectivity index (χ1) is 10.1. The van der Waals surface area contributed by atoms with E-state index in [1.807, 2.05) is 6.07 Å². The van der Waals surface area contributed by atoms with Crippen LogP contribution in [0.15, 0.2) is 42.1 Å². The second-order valence-electron chi connectivity index (χ2n) is 5.17. The van der Waals surface area contributed by atoms with E-state index >= 15 is 0 Å². The number of ether oxygens (including phenoxy) is 1. The number of hydrogen-bond acceptors (Lipinski definition) is 4. The van der Waals surface area contributed by atoms with E-state index in [0.717, 1.165) is 25.7 Å². The van der Waals surface area contributed by atoms with Crippen molar-refractivity contribution >= 4 is 12.0 Å². The normalized spacial score (nSPS) is 16.3. The van der Waals surface area contributed by atoms with Crippen molar-refractivity contribution in [3.63, 3.8) is 0 Å². The molecule has 0 unspecified atom stereocenters. The van der Waals surface area contributed by atoms with Crippen LogP contribution in [0.2, 0.25) is 0 Å². The Bertz CT molecular complexity index is 520. The molecule has 0 heterocycles. The second kappa shape index (κ2) is 7.47. The van der Waals surface area contributed by atoms with Crippen molar-refractivity contribution in [2.24, 2.45) is 11.7 Å². The molecule has 1 saturated carbocycles. The molecule has 1 aliphatic rings. The average molecular weight is 288 g/mol. The summed E-state index contributed by atoms with van der Waals surface area (Å²) in [7, 11) is 0. The second-order valence-corrected chi connectivity index (χ2v) is 5.17. The molecule has 0 spiro atoms. The van der Waals surface area contributed by atoms with Gasteiger partial charge in [0.1, 0.15) is 5.75 Å². The smallest absolute Gasteiger partial charge is 0.410 e. The summed E-state index contributed by atoms with van der Waals surface area (Å²) in [4.78, 5) is 23.3. The van der Waals surface area contributed by atoms with Crippen molar-refractivity contribution in [1.82, 2.24) is 5.32 Å². The maximum atomic E-state index is 11.7. The molecule has 0 aliphatic heterocycles. The lowest BCUT2D eigenvalue weighted by Gasteiger charge is -2.21. The van der Waals surface area contributed by atoms with Crippen molar-refractivity contribution in [1.29, 1.82) is 0 Å². The molecule has 5 heteroatoms. The topological polar surface area (TPSA) is 81.4 Å². The molecular weight excluding hydrogens is 268 g/mol.